The lowest BCUT2D eigenvalue weighted by Gasteiger charge is -2.27. The molecule has 1 fully saturated rings. The van der Waals surface area contributed by atoms with Crippen molar-refractivity contribution >= 4 is 11.8 Å². The van der Waals surface area contributed by atoms with Gasteiger partial charge in [-0.2, -0.15) is 0 Å². The number of hydrogen-bond acceptors (Lipinski definition) is 7. The second-order valence-corrected chi connectivity index (χ2v) is 8.74. The van der Waals surface area contributed by atoms with E-state index >= 15 is 0 Å². The smallest absolute Gasteiger partial charge is 0.339 e. The topological polar surface area (TPSA) is 156 Å². The average Bonchev–Trinajstić information content (AvgIpc) is 2.65. The van der Waals surface area contributed by atoms with E-state index in [2.05, 4.69) is 0 Å². The first-order valence-corrected chi connectivity index (χ1v) is 10.3. The second-order valence-electron chi connectivity index (χ2n) is 8.74. The van der Waals surface area contributed by atoms with Crippen LogP contribution in [0.5, 0.6) is 5.75 Å². The van der Waals surface area contributed by atoms with Crippen LogP contribution in [0.15, 0.2) is 18.2 Å². The van der Waals surface area contributed by atoms with Crippen LogP contribution in [0, 0.1) is 17.8 Å². The van der Waals surface area contributed by atoms with E-state index in [1.54, 1.807) is 0 Å². The van der Waals surface area contributed by atoms with Gasteiger partial charge >= 0.3 is 5.97 Å². The van der Waals surface area contributed by atoms with Crippen molar-refractivity contribution in [2.75, 3.05) is 0 Å². The minimum atomic E-state index is -1.76. The van der Waals surface area contributed by atoms with Crippen molar-refractivity contribution in [3.63, 3.8) is 0 Å². The molecule has 0 amide bonds. The molecule has 6 N–H and O–H groups in total. The third kappa shape index (κ3) is 6.01. The Hall–Kier alpha value is -2.00. The van der Waals surface area contributed by atoms with Crippen molar-refractivity contribution in [2.45, 2.75) is 70.4 Å². The van der Waals surface area contributed by atoms with E-state index in [0.29, 0.717) is 12.8 Å². The number of ketones is 1. The maximum Gasteiger partial charge on any atom is 0.339 e. The molecule has 1 aliphatic rings. The van der Waals surface area contributed by atoms with E-state index in [4.69, 9.17) is 0 Å². The van der Waals surface area contributed by atoms with E-state index in [1.807, 2.05) is 13.8 Å². The summed E-state index contributed by atoms with van der Waals surface area (Å²) in [6, 6.07) is 4.24. The van der Waals surface area contributed by atoms with Gasteiger partial charge in [0.25, 0.3) is 0 Å². The molecule has 0 radical (unpaired) electrons. The van der Waals surface area contributed by atoms with Gasteiger partial charge in [0.2, 0.25) is 0 Å². The van der Waals surface area contributed by atoms with E-state index in [9.17, 15) is 40.2 Å². The number of aliphatic hydroxyl groups excluding tert-OH is 4. The molecule has 1 saturated carbocycles. The third-order valence-corrected chi connectivity index (χ3v) is 5.98. The van der Waals surface area contributed by atoms with E-state index in [1.165, 1.54) is 18.2 Å². The summed E-state index contributed by atoms with van der Waals surface area (Å²) in [6.07, 6.45) is -4.58. The Kier molecular flexibility index (Phi) is 8.37. The number of Topliss-reactive ketones (excluding diaryl/α,β-unsaturated/α-hetero) is 1. The van der Waals surface area contributed by atoms with Gasteiger partial charge in [-0.3, -0.25) is 4.79 Å². The van der Waals surface area contributed by atoms with Crippen molar-refractivity contribution in [2.24, 2.45) is 17.8 Å². The van der Waals surface area contributed by atoms with Gasteiger partial charge in [-0.15, -0.1) is 0 Å². The Labute approximate surface area is 175 Å². The fraction of sp³-hybridized carbons (Fsp3) is 0.636. The zero-order chi connectivity index (χ0) is 22.6. The first-order valence-electron chi connectivity index (χ1n) is 10.3. The van der Waals surface area contributed by atoms with Gasteiger partial charge in [-0.25, -0.2) is 4.79 Å². The zero-order valence-electron chi connectivity index (χ0n) is 17.3. The predicted octanol–water partition coefficient (Wildman–Crippen LogP) is 1.11. The molecule has 0 aliphatic heterocycles. The van der Waals surface area contributed by atoms with Gasteiger partial charge in [0.1, 0.15) is 23.5 Å². The monoisotopic (exact) mass is 424 g/mol. The van der Waals surface area contributed by atoms with Crippen LogP contribution in [-0.4, -0.2) is 66.8 Å². The summed E-state index contributed by atoms with van der Waals surface area (Å²) in [5, 5.41) is 60.5. The number of benzene rings is 1. The molecule has 0 heterocycles. The Morgan fingerprint density at radius 1 is 1.10 bits per heavy atom. The number of rotatable bonds is 4. The lowest BCUT2D eigenvalue weighted by Crippen LogP contribution is -2.43. The molecule has 0 aromatic heterocycles. The molecule has 8 heteroatoms. The van der Waals surface area contributed by atoms with E-state index < -0.39 is 47.8 Å². The van der Waals surface area contributed by atoms with Gasteiger partial charge in [-0.1, -0.05) is 26.0 Å². The number of carboxylic acids is 1. The summed E-state index contributed by atoms with van der Waals surface area (Å²) in [7, 11) is 0. The predicted molar refractivity (Wildman–Crippen MR) is 108 cm³/mol. The first kappa shape index (κ1) is 24.3. The largest absolute Gasteiger partial charge is 0.507 e. The van der Waals surface area contributed by atoms with Crippen molar-refractivity contribution in [1.82, 2.24) is 0 Å². The zero-order valence-corrected chi connectivity index (χ0v) is 17.3. The summed E-state index contributed by atoms with van der Waals surface area (Å²) in [4.78, 5) is 24.0. The molecule has 8 nitrogen and oxygen atoms in total. The summed E-state index contributed by atoms with van der Waals surface area (Å²) < 4.78 is 0. The Bertz CT molecular complexity index is 749. The molecule has 0 spiro atoms. The molecule has 0 unspecified atom stereocenters. The molecule has 1 aliphatic carbocycles. The average molecular weight is 424 g/mol. The Balaban J connectivity index is 2.28. The molecular weight excluding hydrogens is 392 g/mol. The number of hydrogen-bond donors (Lipinski definition) is 6. The maximum atomic E-state index is 12.5. The molecule has 30 heavy (non-hydrogen) atoms. The Morgan fingerprint density at radius 3 is 2.37 bits per heavy atom. The maximum absolute atomic E-state index is 12.5. The quantitative estimate of drug-likeness (QED) is 0.420. The van der Waals surface area contributed by atoms with Crippen LogP contribution in [0.2, 0.25) is 0 Å². The van der Waals surface area contributed by atoms with Crippen LogP contribution >= 0.6 is 0 Å². The summed E-state index contributed by atoms with van der Waals surface area (Å²) in [5.74, 6) is -2.85. The lowest BCUT2D eigenvalue weighted by molar-refractivity contribution is -0.140. The number of aromatic hydroxyl groups is 1. The first-order chi connectivity index (χ1) is 14.0. The molecule has 1 aromatic carbocycles. The van der Waals surface area contributed by atoms with E-state index in [-0.39, 0.29) is 42.2 Å². The fourth-order valence-electron chi connectivity index (χ4n) is 4.50. The minimum absolute atomic E-state index is 0.0347. The number of phenols is 1. The third-order valence-electron chi connectivity index (χ3n) is 5.98. The highest BCUT2D eigenvalue weighted by Crippen LogP contribution is 2.31. The van der Waals surface area contributed by atoms with Crippen LogP contribution in [0.1, 0.15) is 55.5 Å². The molecule has 7 atom stereocenters. The van der Waals surface area contributed by atoms with Crippen LogP contribution in [0.3, 0.4) is 0 Å². The second kappa shape index (κ2) is 10.3. The number of carbonyl (C=O) groups excluding carboxylic acids is 1. The standard InChI is InChI=1S/C22H32O8/c1-11-6-12(2)8-17(25)20(27)21(28)18(26)10-14(7-11)16(24)9-13-4-3-5-15(23)19(13)22(29)30/h3-5,11-12,14,16-17,20-21,23-25,27-28H,6-10H2,1-2H3,(H,29,30)/t11-,12+,14-,16-,17+,20+,21-/m0/s1. The van der Waals surface area contributed by atoms with Crippen molar-refractivity contribution in [3.05, 3.63) is 29.3 Å². The summed E-state index contributed by atoms with van der Waals surface area (Å²) in [5.41, 5.74) is -0.0476. The molecule has 2 rings (SSSR count). The number of carboxylic acid groups (broad SMARTS) is 1. The van der Waals surface area contributed by atoms with Gasteiger partial charge in [-0.05, 0) is 55.1 Å². The van der Waals surface area contributed by atoms with Crippen LogP contribution in [0.4, 0.5) is 0 Å². The number of aromatic carboxylic acids is 1. The van der Waals surface area contributed by atoms with E-state index in [0.717, 1.165) is 0 Å². The molecule has 168 valence electrons. The number of aliphatic hydroxyl groups is 4. The van der Waals surface area contributed by atoms with Crippen LogP contribution in [-0.2, 0) is 11.2 Å². The minimum Gasteiger partial charge on any atom is -0.507 e. The molecule has 1 aromatic rings. The molecule has 0 saturated heterocycles. The van der Waals surface area contributed by atoms with Gasteiger partial charge in [0.15, 0.2) is 5.78 Å². The van der Waals surface area contributed by atoms with Crippen LogP contribution < -0.4 is 0 Å². The highest BCUT2D eigenvalue weighted by atomic mass is 16.4. The van der Waals surface area contributed by atoms with Gasteiger partial charge < -0.3 is 30.6 Å². The SMILES string of the molecule is C[C@@H]1C[C@H](C)C[C@H]([C@@H](O)Cc2cccc(O)c2C(=O)O)CC(=O)[C@H](O)[C@H](O)[C@H](O)C1. The highest BCUT2D eigenvalue weighted by molar-refractivity contribution is 5.92. The van der Waals surface area contributed by atoms with Crippen molar-refractivity contribution in [1.29, 1.82) is 0 Å². The molecular formula is C22H32O8. The van der Waals surface area contributed by atoms with Crippen molar-refractivity contribution < 1.29 is 40.2 Å². The highest BCUT2D eigenvalue weighted by Gasteiger charge is 2.35. The van der Waals surface area contributed by atoms with Gasteiger partial charge in [0, 0.05) is 6.42 Å². The Morgan fingerprint density at radius 2 is 1.73 bits per heavy atom. The summed E-state index contributed by atoms with van der Waals surface area (Å²) >= 11 is 0. The fourth-order valence-corrected chi connectivity index (χ4v) is 4.50. The van der Waals surface area contributed by atoms with Crippen molar-refractivity contribution in [3.8, 4) is 5.75 Å². The van der Waals surface area contributed by atoms with Crippen LogP contribution in [0.25, 0.3) is 0 Å². The summed E-state index contributed by atoms with van der Waals surface area (Å²) in [6.45, 7) is 3.88. The lowest BCUT2D eigenvalue weighted by atomic mass is 9.81. The normalized spacial score (nSPS) is 32.3. The number of carbonyl (C=O) groups is 2. The van der Waals surface area contributed by atoms with Gasteiger partial charge in [0.05, 0.1) is 12.2 Å². The molecule has 0 bridgehead atoms.